The van der Waals surface area contributed by atoms with Crippen LogP contribution in [0, 0.1) is 5.92 Å². The van der Waals surface area contributed by atoms with Gasteiger partial charge < -0.3 is 15.2 Å². The van der Waals surface area contributed by atoms with Gasteiger partial charge in [0.15, 0.2) is 0 Å². The van der Waals surface area contributed by atoms with Crippen LogP contribution in [-0.4, -0.2) is 29.9 Å². The Morgan fingerprint density at radius 3 is 2.33 bits per heavy atom. The third-order valence-electron chi connectivity index (χ3n) is 6.31. The summed E-state index contributed by atoms with van der Waals surface area (Å²) >= 11 is 15.7. The van der Waals surface area contributed by atoms with Crippen LogP contribution >= 0.6 is 39.1 Å². The molecule has 164 valence electrons. The average Bonchev–Trinajstić information content (AvgIpc) is 3.16. The lowest BCUT2D eigenvalue weighted by molar-refractivity contribution is 0.0911. The summed E-state index contributed by atoms with van der Waals surface area (Å²) < 4.78 is 6.43. The fourth-order valence-corrected chi connectivity index (χ4v) is 5.23. The van der Waals surface area contributed by atoms with Gasteiger partial charge in [0.25, 0.3) is 0 Å². The van der Waals surface area contributed by atoms with Crippen LogP contribution in [0.3, 0.4) is 0 Å². The molecule has 0 unspecified atom stereocenters. The molecule has 3 rings (SSSR count). The second kappa shape index (κ2) is 10.7. The van der Waals surface area contributed by atoms with Crippen LogP contribution in [-0.2, 0) is 12.8 Å². The molecule has 2 aromatic rings. The predicted molar refractivity (Wildman–Crippen MR) is 129 cm³/mol. The number of hydrogen-bond acceptors (Lipinski definition) is 3. The second-order valence-electron chi connectivity index (χ2n) is 8.25. The van der Waals surface area contributed by atoms with Crippen LogP contribution in [0.5, 0.6) is 5.75 Å². The Kier molecular flexibility index (Phi) is 8.51. The molecule has 0 radical (unpaired) electrons. The van der Waals surface area contributed by atoms with Gasteiger partial charge in [-0.3, -0.25) is 0 Å². The lowest BCUT2D eigenvalue weighted by Crippen LogP contribution is -2.49. The van der Waals surface area contributed by atoms with E-state index in [1.54, 1.807) is 12.1 Å². The Hall–Kier alpha value is -0.780. The number of hydrogen-bond donors (Lipinski definition) is 2. The molecule has 1 aliphatic rings. The fraction of sp³-hybridized carbons (Fsp3) is 0.500. The van der Waals surface area contributed by atoms with E-state index in [1.807, 2.05) is 0 Å². The van der Waals surface area contributed by atoms with Gasteiger partial charge in [0.05, 0.1) is 5.02 Å². The SMILES string of the molecule is CCC(CC)(CC1Cc2ccccc2C1)NC[C@@H](O)COc1ccc(Br)c(Cl)c1Cl. The number of ether oxygens (including phenoxy) is 1. The van der Waals surface area contributed by atoms with E-state index in [1.165, 1.54) is 11.1 Å². The standard InChI is InChI=1S/C24H30BrCl2NO2/c1-3-24(4-2,13-16-11-17-7-5-6-8-18(17)12-16)28-14-19(29)15-30-21-10-9-20(25)22(26)23(21)27/h5-10,16,19,28-29H,3-4,11-15H2,1-2H3/t19-/m1/s1. The first-order valence-electron chi connectivity index (χ1n) is 10.6. The summed E-state index contributed by atoms with van der Waals surface area (Å²) in [5.41, 5.74) is 3.00. The van der Waals surface area contributed by atoms with Gasteiger partial charge in [-0.15, -0.1) is 0 Å². The van der Waals surface area contributed by atoms with Gasteiger partial charge in [-0.25, -0.2) is 0 Å². The highest BCUT2D eigenvalue weighted by Crippen LogP contribution is 2.37. The van der Waals surface area contributed by atoms with Crippen molar-refractivity contribution in [3.63, 3.8) is 0 Å². The number of β-amino-alcohol motifs (C(OH)–C–C–N with tert-alkyl or cyclic N) is 1. The summed E-state index contributed by atoms with van der Waals surface area (Å²) in [6.07, 6.45) is 4.82. The molecule has 0 aliphatic heterocycles. The lowest BCUT2D eigenvalue weighted by Gasteiger charge is -2.36. The van der Waals surface area contributed by atoms with Crippen molar-refractivity contribution in [1.29, 1.82) is 0 Å². The molecule has 1 aliphatic carbocycles. The first-order valence-corrected chi connectivity index (χ1v) is 12.2. The van der Waals surface area contributed by atoms with Gasteiger partial charge >= 0.3 is 0 Å². The fourth-order valence-electron chi connectivity index (χ4n) is 4.41. The number of rotatable bonds is 10. The molecule has 1 atom stereocenters. The van der Waals surface area contributed by atoms with Crippen LogP contribution in [0.15, 0.2) is 40.9 Å². The van der Waals surface area contributed by atoms with Crippen LogP contribution in [0.25, 0.3) is 0 Å². The van der Waals surface area contributed by atoms with E-state index in [2.05, 4.69) is 59.4 Å². The van der Waals surface area contributed by atoms with Crippen molar-refractivity contribution in [2.75, 3.05) is 13.2 Å². The van der Waals surface area contributed by atoms with Crippen molar-refractivity contribution in [1.82, 2.24) is 5.32 Å². The zero-order chi connectivity index (χ0) is 21.7. The summed E-state index contributed by atoms with van der Waals surface area (Å²) in [5, 5.41) is 14.9. The topological polar surface area (TPSA) is 41.5 Å². The van der Waals surface area contributed by atoms with E-state index in [4.69, 9.17) is 27.9 Å². The second-order valence-corrected chi connectivity index (χ2v) is 9.86. The van der Waals surface area contributed by atoms with E-state index < -0.39 is 6.10 Å². The summed E-state index contributed by atoms with van der Waals surface area (Å²) in [4.78, 5) is 0. The van der Waals surface area contributed by atoms with Crippen LogP contribution < -0.4 is 10.1 Å². The average molecular weight is 515 g/mol. The number of aliphatic hydroxyl groups is 1. The molecule has 30 heavy (non-hydrogen) atoms. The van der Waals surface area contributed by atoms with E-state index in [0.29, 0.717) is 32.7 Å². The molecule has 3 nitrogen and oxygen atoms in total. The first kappa shape index (κ1) is 23.9. The Morgan fingerprint density at radius 1 is 1.10 bits per heavy atom. The maximum atomic E-state index is 10.5. The van der Waals surface area contributed by atoms with Crippen molar-refractivity contribution >= 4 is 39.1 Å². The van der Waals surface area contributed by atoms with Gasteiger partial charge in [-0.2, -0.15) is 0 Å². The van der Waals surface area contributed by atoms with E-state index in [0.717, 1.165) is 32.1 Å². The molecule has 0 aromatic heterocycles. The highest BCUT2D eigenvalue weighted by molar-refractivity contribution is 9.10. The molecule has 2 aromatic carbocycles. The van der Waals surface area contributed by atoms with E-state index in [-0.39, 0.29) is 12.1 Å². The largest absolute Gasteiger partial charge is 0.489 e. The van der Waals surface area contributed by atoms with Crippen LogP contribution in [0.2, 0.25) is 10.0 Å². The van der Waals surface area contributed by atoms with Crippen molar-refractivity contribution in [3.05, 3.63) is 62.0 Å². The smallest absolute Gasteiger partial charge is 0.139 e. The Bertz CT molecular complexity index is 832. The van der Waals surface area contributed by atoms with Crippen molar-refractivity contribution in [3.8, 4) is 5.75 Å². The maximum absolute atomic E-state index is 10.5. The molecule has 2 N–H and O–H groups in total. The van der Waals surface area contributed by atoms with Crippen LogP contribution in [0.1, 0.15) is 44.2 Å². The minimum atomic E-state index is -0.637. The number of fused-ring (bicyclic) bond motifs is 1. The molecule has 0 saturated carbocycles. The molecule has 0 amide bonds. The number of aliphatic hydroxyl groups excluding tert-OH is 1. The van der Waals surface area contributed by atoms with E-state index in [9.17, 15) is 5.11 Å². The van der Waals surface area contributed by atoms with Gasteiger partial charge in [-0.05, 0) is 77.2 Å². The minimum Gasteiger partial charge on any atom is -0.489 e. The van der Waals surface area contributed by atoms with Crippen LogP contribution in [0.4, 0.5) is 0 Å². The van der Waals surface area contributed by atoms with Gasteiger partial charge in [0.1, 0.15) is 23.5 Å². The molecular formula is C24H30BrCl2NO2. The molecule has 0 heterocycles. The Balaban J connectivity index is 1.53. The van der Waals surface area contributed by atoms with Crippen molar-refractivity contribution < 1.29 is 9.84 Å². The summed E-state index contributed by atoms with van der Waals surface area (Å²) in [6, 6.07) is 12.3. The monoisotopic (exact) mass is 513 g/mol. The third-order valence-corrected chi connectivity index (χ3v) is 8.07. The molecule has 6 heteroatoms. The zero-order valence-electron chi connectivity index (χ0n) is 17.6. The number of benzene rings is 2. The van der Waals surface area contributed by atoms with E-state index >= 15 is 0 Å². The molecule has 0 fully saturated rings. The molecular weight excluding hydrogens is 485 g/mol. The zero-order valence-corrected chi connectivity index (χ0v) is 20.7. The predicted octanol–water partition coefficient (Wildman–Crippen LogP) is 6.45. The summed E-state index contributed by atoms with van der Waals surface area (Å²) in [7, 11) is 0. The number of nitrogens with one attached hydrogen (secondary N) is 1. The highest BCUT2D eigenvalue weighted by Gasteiger charge is 2.32. The lowest BCUT2D eigenvalue weighted by atomic mass is 9.81. The van der Waals surface area contributed by atoms with Gasteiger partial charge in [0.2, 0.25) is 0 Å². The van der Waals surface area contributed by atoms with Gasteiger partial charge in [0, 0.05) is 16.6 Å². The summed E-state index contributed by atoms with van der Waals surface area (Å²) in [6.45, 7) is 5.09. The first-order chi connectivity index (χ1) is 14.4. The summed E-state index contributed by atoms with van der Waals surface area (Å²) in [5.74, 6) is 1.12. The highest BCUT2D eigenvalue weighted by atomic mass is 79.9. The molecule has 0 spiro atoms. The Labute approximate surface area is 198 Å². The minimum absolute atomic E-state index is 0.0201. The van der Waals surface area contributed by atoms with Crippen molar-refractivity contribution in [2.24, 2.45) is 5.92 Å². The van der Waals surface area contributed by atoms with Crippen molar-refractivity contribution in [2.45, 2.75) is 57.6 Å². The van der Waals surface area contributed by atoms with Gasteiger partial charge in [-0.1, -0.05) is 61.3 Å². The Morgan fingerprint density at radius 2 is 1.73 bits per heavy atom. The third kappa shape index (κ3) is 5.72. The maximum Gasteiger partial charge on any atom is 0.139 e. The molecule has 0 bridgehead atoms. The normalized spacial score (nSPS) is 15.3. The number of halogens is 3. The quantitative estimate of drug-likeness (QED) is 0.358. The molecule has 0 saturated heterocycles.